The third kappa shape index (κ3) is 3.32. The van der Waals surface area contributed by atoms with Gasteiger partial charge in [0.15, 0.2) is 0 Å². The highest BCUT2D eigenvalue weighted by atomic mass is 16.2. The molecule has 4 fully saturated rings. The van der Waals surface area contributed by atoms with Crippen LogP contribution in [0.4, 0.5) is 11.4 Å². The summed E-state index contributed by atoms with van der Waals surface area (Å²) < 4.78 is 0. The molecule has 0 atom stereocenters. The van der Waals surface area contributed by atoms with Crippen molar-refractivity contribution in [1.29, 1.82) is 0 Å². The highest BCUT2D eigenvalue weighted by molar-refractivity contribution is 6.11. The fourth-order valence-corrected chi connectivity index (χ4v) is 6.62. The van der Waals surface area contributed by atoms with Crippen LogP contribution >= 0.6 is 0 Å². The Morgan fingerprint density at radius 1 is 0.900 bits per heavy atom. The number of nitrogens with one attached hydrogen (secondary N) is 1. The molecule has 4 bridgehead atoms. The van der Waals surface area contributed by atoms with Crippen LogP contribution in [0.5, 0.6) is 0 Å². The minimum atomic E-state index is -0.227. The Morgan fingerprint density at radius 2 is 1.47 bits per heavy atom. The zero-order valence-electron chi connectivity index (χ0n) is 17.6. The molecule has 0 heterocycles. The minimum Gasteiger partial charge on any atom is -0.325 e. The fraction of sp³-hybridized carbons (Fsp3) is 0.462. The summed E-state index contributed by atoms with van der Waals surface area (Å²) in [6.07, 6.45) is 6.99. The van der Waals surface area contributed by atoms with E-state index < -0.39 is 0 Å². The molecule has 156 valence electrons. The number of carbonyl (C=O) groups excluding carboxylic acids is 2. The highest BCUT2D eigenvalue weighted by Crippen LogP contribution is 2.60. The Bertz CT molecular complexity index is 917. The smallest absolute Gasteiger partial charge is 0.260 e. The van der Waals surface area contributed by atoms with Crippen LogP contribution in [0.2, 0.25) is 0 Å². The van der Waals surface area contributed by atoms with Crippen LogP contribution in [0.25, 0.3) is 0 Å². The normalized spacial score (nSPS) is 28.9. The van der Waals surface area contributed by atoms with Gasteiger partial charge in [-0.15, -0.1) is 0 Å². The molecule has 4 saturated carbocycles. The number of hydrogen-bond acceptors (Lipinski definition) is 2. The van der Waals surface area contributed by atoms with Crippen LogP contribution in [-0.4, -0.2) is 18.4 Å². The topological polar surface area (TPSA) is 49.4 Å². The molecular formula is C26H30N2O2. The molecule has 0 radical (unpaired) electrons. The maximum Gasteiger partial charge on any atom is 0.260 e. The van der Waals surface area contributed by atoms with Crippen LogP contribution < -0.4 is 10.2 Å². The van der Waals surface area contributed by atoms with Crippen LogP contribution in [0.3, 0.4) is 0 Å². The molecule has 0 spiro atoms. The van der Waals surface area contributed by atoms with Crippen molar-refractivity contribution in [2.24, 2.45) is 23.2 Å². The van der Waals surface area contributed by atoms with E-state index in [9.17, 15) is 9.59 Å². The first-order valence-corrected chi connectivity index (χ1v) is 11.4. The first kappa shape index (κ1) is 19.3. The van der Waals surface area contributed by atoms with E-state index in [1.54, 1.807) is 4.90 Å². The quantitative estimate of drug-likeness (QED) is 0.717. The molecule has 0 unspecified atom stereocenters. The molecule has 4 nitrogen and oxygen atoms in total. The van der Waals surface area contributed by atoms with Crippen LogP contribution in [-0.2, 0) is 4.79 Å². The number of hydrogen-bond donors (Lipinski definition) is 1. The van der Waals surface area contributed by atoms with Gasteiger partial charge >= 0.3 is 0 Å². The zero-order valence-corrected chi connectivity index (χ0v) is 17.6. The van der Waals surface area contributed by atoms with E-state index in [0.29, 0.717) is 35.5 Å². The highest BCUT2D eigenvalue weighted by Gasteiger charge is 2.54. The van der Waals surface area contributed by atoms with Gasteiger partial charge < -0.3 is 10.2 Å². The first-order chi connectivity index (χ1) is 14.6. The average molecular weight is 403 g/mol. The van der Waals surface area contributed by atoms with Gasteiger partial charge in [0, 0.05) is 12.2 Å². The van der Waals surface area contributed by atoms with Gasteiger partial charge in [0.2, 0.25) is 5.91 Å². The molecule has 4 aliphatic rings. The van der Waals surface area contributed by atoms with Crippen LogP contribution in [0, 0.1) is 23.2 Å². The Kier molecular flexibility index (Phi) is 4.88. The molecule has 2 aromatic rings. The molecule has 30 heavy (non-hydrogen) atoms. The second kappa shape index (κ2) is 7.57. The monoisotopic (exact) mass is 402 g/mol. The number of carbonyl (C=O) groups is 2. The number of benzene rings is 2. The van der Waals surface area contributed by atoms with E-state index in [0.717, 1.165) is 24.9 Å². The van der Waals surface area contributed by atoms with Crippen molar-refractivity contribution in [2.75, 3.05) is 16.8 Å². The van der Waals surface area contributed by atoms with Gasteiger partial charge in [-0.2, -0.15) is 0 Å². The zero-order chi connectivity index (χ0) is 20.7. The predicted octanol–water partition coefficient (Wildman–Crippen LogP) is 5.51. The summed E-state index contributed by atoms with van der Waals surface area (Å²) in [4.78, 5) is 28.7. The molecule has 1 N–H and O–H groups in total. The molecule has 6 rings (SSSR count). The lowest BCUT2D eigenvalue weighted by molar-refractivity contribution is -0.140. The maximum absolute atomic E-state index is 13.5. The Balaban J connectivity index is 1.40. The van der Waals surface area contributed by atoms with Crippen molar-refractivity contribution in [1.82, 2.24) is 0 Å². The van der Waals surface area contributed by atoms with Gasteiger partial charge in [-0.05, 0) is 87.5 Å². The van der Waals surface area contributed by atoms with E-state index in [2.05, 4.69) is 5.32 Å². The third-order valence-corrected chi connectivity index (χ3v) is 7.55. The molecule has 4 heteroatoms. The standard InChI is InChI=1S/C26H30N2O2/c1-2-28(21-8-4-3-5-9-21)24(29)22-10-6-7-11-23(22)27-25(30)26-15-18-12-19(16-26)14-20(13-18)17-26/h3-11,18-20H,2,12-17H2,1H3,(H,27,30). The fourth-order valence-electron chi connectivity index (χ4n) is 6.62. The molecule has 2 amide bonds. The lowest BCUT2D eigenvalue weighted by Gasteiger charge is -2.55. The number of nitrogens with zero attached hydrogens (tertiary/aromatic N) is 1. The van der Waals surface area contributed by atoms with Crippen molar-refractivity contribution in [3.05, 3.63) is 60.2 Å². The summed E-state index contributed by atoms with van der Waals surface area (Å²) in [5.74, 6) is 2.20. The molecule has 2 aromatic carbocycles. The van der Waals surface area contributed by atoms with Crippen molar-refractivity contribution >= 4 is 23.2 Å². The summed E-state index contributed by atoms with van der Waals surface area (Å²) in [5, 5.41) is 3.19. The Morgan fingerprint density at radius 3 is 2.07 bits per heavy atom. The van der Waals surface area contributed by atoms with Crippen molar-refractivity contribution < 1.29 is 9.59 Å². The number of amides is 2. The van der Waals surface area contributed by atoms with Gasteiger partial charge in [0.25, 0.3) is 5.91 Å². The number of anilines is 2. The van der Waals surface area contributed by atoms with E-state index in [4.69, 9.17) is 0 Å². The number of para-hydroxylation sites is 2. The van der Waals surface area contributed by atoms with Gasteiger partial charge in [0.05, 0.1) is 16.7 Å². The summed E-state index contributed by atoms with van der Waals surface area (Å²) >= 11 is 0. The molecule has 4 aliphatic carbocycles. The summed E-state index contributed by atoms with van der Waals surface area (Å²) in [6.45, 7) is 2.54. The Hall–Kier alpha value is -2.62. The van der Waals surface area contributed by atoms with Crippen LogP contribution in [0.1, 0.15) is 55.8 Å². The van der Waals surface area contributed by atoms with Crippen molar-refractivity contribution in [3.8, 4) is 0 Å². The Labute approximate surface area is 178 Å². The molecule has 0 aromatic heterocycles. The van der Waals surface area contributed by atoms with E-state index in [1.807, 2.05) is 61.5 Å². The van der Waals surface area contributed by atoms with E-state index >= 15 is 0 Å². The summed E-state index contributed by atoms with van der Waals surface area (Å²) in [6, 6.07) is 17.2. The minimum absolute atomic E-state index is 0.0786. The largest absolute Gasteiger partial charge is 0.325 e. The molecule has 0 aliphatic heterocycles. The predicted molar refractivity (Wildman–Crippen MR) is 119 cm³/mol. The lowest BCUT2D eigenvalue weighted by Crippen LogP contribution is -2.51. The van der Waals surface area contributed by atoms with Gasteiger partial charge in [-0.1, -0.05) is 30.3 Å². The van der Waals surface area contributed by atoms with Gasteiger partial charge in [0.1, 0.15) is 0 Å². The van der Waals surface area contributed by atoms with Crippen molar-refractivity contribution in [2.45, 2.75) is 45.4 Å². The number of rotatable bonds is 5. The summed E-state index contributed by atoms with van der Waals surface area (Å²) in [5.41, 5.74) is 1.83. The first-order valence-electron chi connectivity index (χ1n) is 11.4. The van der Waals surface area contributed by atoms with E-state index in [1.165, 1.54) is 19.3 Å². The van der Waals surface area contributed by atoms with Crippen LogP contribution in [0.15, 0.2) is 54.6 Å². The SMILES string of the molecule is CCN(C(=O)c1ccccc1NC(=O)C12CC3CC(CC(C3)C1)C2)c1ccccc1. The summed E-state index contributed by atoms with van der Waals surface area (Å²) in [7, 11) is 0. The second-order valence-electron chi connectivity index (χ2n) is 9.58. The molecule has 0 saturated heterocycles. The van der Waals surface area contributed by atoms with Gasteiger partial charge in [-0.3, -0.25) is 9.59 Å². The lowest BCUT2D eigenvalue weighted by atomic mass is 9.49. The van der Waals surface area contributed by atoms with Gasteiger partial charge in [-0.25, -0.2) is 0 Å². The average Bonchev–Trinajstić information content (AvgIpc) is 2.74. The maximum atomic E-state index is 13.5. The van der Waals surface area contributed by atoms with Crippen molar-refractivity contribution in [3.63, 3.8) is 0 Å². The third-order valence-electron chi connectivity index (χ3n) is 7.55. The second-order valence-corrected chi connectivity index (χ2v) is 9.58. The van der Waals surface area contributed by atoms with E-state index in [-0.39, 0.29) is 17.2 Å². The molecular weight excluding hydrogens is 372 g/mol.